The molecule has 0 aromatic heterocycles. The summed E-state index contributed by atoms with van der Waals surface area (Å²) < 4.78 is 12.2. The maximum atomic E-state index is 6.10. The Kier molecular flexibility index (Phi) is 5.12. The number of ether oxygens (including phenoxy) is 2. The van der Waals surface area contributed by atoms with Crippen LogP contribution in [0.4, 0.5) is 0 Å². The Morgan fingerprint density at radius 2 is 1.13 bits per heavy atom. The van der Waals surface area contributed by atoms with Crippen molar-refractivity contribution in [1.29, 1.82) is 0 Å². The van der Waals surface area contributed by atoms with Gasteiger partial charge in [0.15, 0.2) is 11.8 Å². The number of aliphatic imine (C=N–C) groups is 2. The normalized spacial score (nSPS) is 28.6. The van der Waals surface area contributed by atoms with E-state index in [4.69, 9.17) is 19.5 Å². The summed E-state index contributed by atoms with van der Waals surface area (Å²) in [4.78, 5) is 9.62. The summed E-state index contributed by atoms with van der Waals surface area (Å²) in [5.41, 5.74) is -0.461. The predicted molar refractivity (Wildman–Crippen MR) is 96.3 cm³/mol. The molecule has 2 atom stereocenters. The molecule has 2 rings (SSSR count). The lowest BCUT2D eigenvalue weighted by Gasteiger charge is -2.26. The van der Waals surface area contributed by atoms with Crippen LogP contribution in [-0.2, 0) is 9.47 Å². The molecule has 0 bridgehead atoms. The number of hydrogen-bond acceptors (Lipinski definition) is 4. The molecule has 0 saturated heterocycles. The minimum absolute atomic E-state index is 0.221. The highest BCUT2D eigenvalue weighted by Crippen LogP contribution is 2.34. The fourth-order valence-corrected chi connectivity index (χ4v) is 3.31. The molecular formula is C19H34N2O2. The molecule has 0 spiro atoms. The first-order chi connectivity index (χ1) is 10.5. The lowest BCUT2D eigenvalue weighted by molar-refractivity contribution is 0.0801. The summed E-state index contributed by atoms with van der Waals surface area (Å²) >= 11 is 0. The first kappa shape index (κ1) is 18.3. The van der Waals surface area contributed by atoms with Gasteiger partial charge in [-0.25, -0.2) is 9.98 Å². The maximum Gasteiger partial charge on any atom is 0.193 e. The fraction of sp³-hybridized carbons (Fsp3) is 0.895. The van der Waals surface area contributed by atoms with E-state index in [-0.39, 0.29) is 23.3 Å². The molecule has 0 unspecified atom stereocenters. The minimum Gasteiger partial charge on any atom is -0.472 e. The van der Waals surface area contributed by atoms with Gasteiger partial charge in [0.1, 0.15) is 11.2 Å². The van der Waals surface area contributed by atoms with Crippen LogP contribution >= 0.6 is 0 Å². The lowest BCUT2D eigenvalue weighted by atomic mass is 9.92. The third-order valence-corrected chi connectivity index (χ3v) is 4.66. The van der Waals surface area contributed by atoms with E-state index in [1.807, 2.05) is 0 Å². The van der Waals surface area contributed by atoms with Crippen molar-refractivity contribution in [2.45, 2.75) is 97.9 Å². The largest absolute Gasteiger partial charge is 0.472 e. The van der Waals surface area contributed by atoms with Gasteiger partial charge in [0.05, 0.1) is 18.5 Å². The molecule has 0 aromatic carbocycles. The summed E-state index contributed by atoms with van der Waals surface area (Å²) in [6.45, 7) is 17.4. The van der Waals surface area contributed by atoms with E-state index < -0.39 is 0 Å². The Hall–Kier alpha value is -1.06. The molecule has 0 N–H and O–H groups in total. The number of rotatable bonds is 6. The van der Waals surface area contributed by atoms with Crippen molar-refractivity contribution in [3.63, 3.8) is 0 Å². The van der Waals surface area contributed by atoms with Crippen LogP contribution in [0.15, 0.2) is 9.98 Å². The van der Waals surface area contributed by atoms with Crippen molar-refractivity contribution >= 4 is 11.8 Å². The topological polar surface area (TPSA) is 43.2 Å². The van der Waals surface area contributed by atoms with Crippen LogP contribution in [0.1, 0.15) is 74.7 Å². The molecule has 2 aliphatic heterocycles. The van der Waals surface area contributed by atoms with Crippen LogP contribution in [0, 0.1) is 11.8 Å². The highest BCUT2D eigenvalue weighted by Gasteiger charge is 2.42. The van der Waals surface area contributed by atoms with Gasteiger partial charge in [-0.1, -0.05) is 27.7 Å². The predicted octanol–water partition coefficient (Wildman–Crippen LogP) is 4.62. The van der Waals surface area contributed by atoms with E-state index in [2.05, 4.69) is 55.4 Å². The zero-order chi connectivity index (χ0) is 17.4. The van der Waals surface area contributed by atoms with Crippen molar-refractivity contribution in [2.75, 3.05) is 0 Å². The van der Waals surface area contributed by atoms with E-state index in [1.165, 1.54) is 0 Å². The summed E-state index contributed by atoms with van der Waals surface area (Å²) in [5.74, 6) is 2.78. The highest BCUT2D eigenvalue weighted by molar-refractivity contribution is 5.98. The summed E-state index contributed by atoms with van der Waals surface area (Å²) in [6.07, 6.45) is 2.67. The van der Waals surface area contributed by atoms with Gasteiger partial charge in [-0.2, -0.15) is 0 Å². The average Bonchev–Trinajstić information content (AvgIpc) is 2.75. The van der Waals surface area contributed by atoms with Crippen molar-refractivity contribution in [1.82, 2.24) is 0 Å². The first-order valence-corrected chi connectivity index (χ1v) is 9.01. The van der Waals surface area contributed by atoms with Gasteiger partial charge in [0, 0.05) is 0 Å². The highest BCUT2D eigenvalue weighted by atomic mass is 16.5. The molecule has 132 valence electrons. The Bertz CT molecular complexity index is 446. The zero-order valence-corrected chi connectivity index (χ0v) is 16.1. The van der Waals surface area contributed by atoms with E-state index in [9.17, 15) is 0 Å². The van der Waals surface area contributed by atoms with E-state index >= 15 is 0 Å². The molecular weight excluding hydrogens is 288 g/mol. The number of hydrogen-bond donors (Lipinski definition) is 0. The second kappa shape index (κ2) is 6.45. The summed E-state index contributed by atoms with van der Waals surface area (Å²) in [5, 5.41) is 0. The Morgan fingerprint density at radius 1 is 0.783 bits per heavy atom. The quantitative estimate of drug-likeness (QED) is 0.716. The lowest BCUT2D eigenvalue weighted by Crippen LogP contribution is -2.35. The Balaban J connectivity index is 2.05. The van der Waals surface area contributed by atoms with Gasteiger partial charge in [-0.05, 0) is 52.4 Å². The molecule has 0 aliphatic carbocycles. The van der Waals surface area contributed by atoms with Crippen LogP contribution in [0.5, 0.6) is 0 Å². The second-order valence-electron chi connectivity index (χ2n) is 8.92. The van der Waals surface area contributed by atoms with Crippen LogP contribution in [-0.4, -0.2) is 35.1 Å². The molecule has 2 heterocycles. The monoisotopic (exact) mass is 322 g/mol. The summed E-state index contributed by atoms with van der Waals surface area (Å²) in [6, 6.07) is 0.443. The van der Waals surface area contributed by atoms with Gasteiger partial charge in [0.2, 0.25) is 0 Å². The molecule has 0 amide bonds. The van der Waals surface area contributed by atoms with Crippen LogP contribution in [0.25, 0.3) is 0 Å². The average molecular weight is 322 g/mol. The third kappa shape index (κ3) is 4.48. The summed E-state index contributed by atoms with van der Waals surface area (Å²) in [7, 11) is 0. The van der Waals surface area contributed by atoms with Gasteiger partial charge in [0.25, 0.3) is 0 Å². The molecule has 4 nitrogen and oxygen atoms in total. The minimum atomic E-state index is -0.231. The smallest absolute Gasteiger partial charge is 0.193 e. The van der Waals surface area contributed by atoms with E-state index in [1.54, 1.807) is 0 Å². The molecule has 2 aliphatic rings. The van der Waals surface area contributed by atoms with Gasteiger partial charge >= 0.3 is 0 Å². The second-order valence-corrected chi connectivity index (χ2v) is 8.92. The standard InChI is InChI=1S/C19H34N2O2/c1-12(2)9-14-18(5,6)22-16(20-14)11-17-21-15(10-13(3)4)19(7,8)23-17/h12-15H,9-11H2,1-8H3/t14-,15-/m1/s1. The first-order valence-electron chi connectivity index (χ1n) is 9.01. The molecule has 0 radical (unpaired) electrons. The maximum absolute atomic E-state index is 6.10. The van der Waals surface area contributed by atoms with E-state index in [0.29, 0.717) is 18.3 Å². The number of nitrogens with zero attached hydrogens (tertiary/aromatic N) is 2. The molecule has 0 saturated carbocycles. The Morgan fingerprint density at radius 3 is 1.43 bits per heavy atom. The van der Waals surface area contributed by atoms with Crippen LogP contribution in [0.2, 0.25) is 0 Å². The van der Waals surface area contributed by atoms with E-state index in [0.717, 1.165) is 24.6 Å². The van der Waals surface area contributed by atoms with Crippen molar-refractivity contribution < 1.29 is 9.47 Å². The van der Waals surface area contributed by atoms with Crippen LogP contribution < -0.4 is 0 Å². The molecule has 23 heavy (non-hydrogen) atoms. The van der Waals surface area contributed by atoms with Crippen molar-refractivity contribution in [2.24, 2.45) is 21.8 Å². The molecule has 0 aromatic rings. The van der Waals surface area contributed by atoms with Crippen molar-refractivity contribution in [3.8, 4) is 0 Å². The van der Waals surface area contributed by atoms with Crippen molar-refractivity contribution in [3.05, 3.63) is 0 Å². The molecule has 0 fully saturated rings. The van der Waals surface area contributed by atoms with Gasteiger partial charge in [-0.15, -0.1) is 0 Å². The zero-order valence-electron chi connectivity index (χ0n) is 16.1. The van der Waals surface area contributed by atoms with Gasteiger partial charge in [-0.3, -0.25) is 0 Å². The molecule has 4 heteroatoms. The van der Waals surface area contributed by atoms with Crippen LogP contribution in [0.3, 0.4) is 0 Å². The SMILES string of the molecule is CC(C)C[C@H]1N=C(CC2=N[C@H](CC(C)C)C(C)(C)O2)OC1(C)C. The Labute approximate surface area is 141 Å². The third-order valence-electron chi connectivity index (χ3n) is 4.66. The fourth-order valence-electron chi connectivity index (χ4n) is 3.31. The van der Waals surface area contributed by atoms with Gasteiger partial charge < -0.3 is 9.47 Å².